The number of ether oxygens (including phenoxy) is 2. The number of esters is 1. The second kappa shape index (κ2) is 11.8. The maximum atomic E-state index is 12.4. The number of carbonyl (C=O) groups is 2. The normalized spacial score (nSPS) is 11.5. The molecule has 1 aliphatic rings. The molecular formula is C27H22BrN3O4. The molecule has 0 atom stereocenters. The molecule has 4 rings (SSSR count). The number of methoxy groups -OCH3 is 2. The second-order valence-corrected chi connectivity index (χ2v) is 8.13. The molecule has 1 amide bonds. The monoisotopic (exact) mass is 531 g/mol. The summed E-state index contributed by atoms with van der Waals surface area (Å²) in [7, 11) is 2.94. The van der Waals surface area contributed by atoms with Gasteiger partial charge in [-0.1, -0.05) is 46.3 Å². The maximum Gasteiger partial charge on any atom is 0.338 e. The highest BCUT2D eigenvalue weighted by Crippen LogP contribution is 2.27. The Morgan fingerprint density at radius 1 is 1.00 bits per heavy atom. The molecule has 8 heteroatoms. The number of para-hydroxylation sites is 1. The van der Waals surface area contributed by atoms with Crippen LogP contribution < -0.4 is 4.74 Å². The predicted molar refractivity (Wildman–Crippen MR) is 133 cm³/mol. The van der Waals surface area contributed by atoms with Crippen LogP contribution in [0, 0.1) is 22.7 Å². The molecule has 1 heterocycles. The molecule has 0 saturated heterocycles. The van der Waals surface area contributed by atoms with Crippen LogP contribution in [-0.4, -0.2) is 31.0 Å². The summed E-state index contributed by atoms with van der Waals surface area (Å²) in [4.78, 5) is 25.5. The average Bonchev–Trinajstić information content (AvgIpc) is 3.22. The number of nitrogens with zero attached hydrogens (tertiary/aromatic N) is 3. The zero-order chi connectivity index (χ0) is 25.4. The van der Waals surface area contributed by atoms with Crippen LogP contribution in [0.2, 0.25) is 0 Å². The number of rotatable bonds is 5. The maximum absolute atomic E-state index is 12.4. The molecule has 3 aromatic rings. The summed E-state index contributed by atoms with van der Waals surface area (Å²) < 4.78 is 9.93. The second-order valence-electron chi connectivity index (χ2n) is 7.57. The Morgan fingerprint density at radius 3 is 2.34 bits per heavy atom. The van der Waals surface area contributed by atoms with Gasteiger partial charge in [0.15, 0.2) is 0 Å². The summed E-state index contributed by atoms with van der Waals surface area (Å²) in [6, 6.07) is 21.9. The number of halogens is 1. The Labute approximate surface area is 212 Å². The zero-order valence-electron chi connectivity index (χ0n) is 19.2. The fourth-order valence-corrected chi connectivity index (χ4v) is 4.15. The van der Waals surface area contributed by atoms with Gasteiger partial charge in [0, 0.05) is 29.5 Å². The minimum atomic E-state index is -0.420. The standard InChI is InChI=1S/C17H14N2O2.C10H8BrNO2/c1-21-16-5-3-2-4-14(16)11-19-10-13-7-6-12(9-18)8-15(13)17(19)20;1-14-10(13)9-4-7(6-12)2-3-8(9)5-11/h2-8H,10-11H2,1H3;2-4H,5H2,1H3. The van der Waals surface area contributed by atoms with Crippen molar-refractivity contribution in [3.8, 4) is 17.9 Å². The number of fused-ring (bicyclic) bond motifs is 1. The molecule has 7 nitrogen and oxygen atoms in total. The van der Waals surface area contributed by atoms with Crippen molar-refractivity contribution in [3.05, 3.63) is 99.6 Å². The average molecular weight is 532 g/mol. The lowest BCUT2D eigenvalue weighted by Crippen LogP contribution is -2.23. The minimum Gasteiger partial charge on any atom is -0.496 e. The van der Waals surface area contributed by atoms with E-state index >= 15 is 0 Å². The van der Waals surface area contributed by atoms with Gasteiger partial charge in [-0.25, -0.2) is 4.79 Å². The zero-order valence-corrected chi connectivity index (χ0v) is 20.8. The molecule has 3 aromatic carbocycles. The molecule has 1 aliphatic heterocycles. The summed E-state index contributed by atoms with van der Waals surface area (Å²) in [5.41, 5.74) is 4.79. The Balaban J connectivity index is 0.000000214. The summed E-state index contributed by atoms with van der Waals surface area (Å²) in [5.74, 6) is 0.323. The lowest BCUT2D eigenvalue weighted by Gasteiger charge is -2.17. The van der Waals surface area contributed by atoms with E-state index in [1.165, 1.54) is 13.2 Å². The van der Waals surface area contributed by atoms with Gasteiger partial charge in [0.05, 0.1) is 43.0 Å². The van der Waals surface area contributed by atoms with Crippen molar-refractivity contribution < 1.29 is 19.1 Å². The lowest BCUT2D eigenvalue weighted by molar-refractivity contribution is 0.0599. The number of alkyl halides is 1. The molecule has 0 spiro atoms. The van der Waals surface area contributed by atoms with Gasteiger partial charge in [-0.05, 0) is 41.5 Å². The molecule has 0 radical (unpaired) electrons. The number of benzene rings is 3. The highest BCUT2D eigenvalue weighted by atomic mass is 79.9. The highest BCUT2D eigenvalue weighted by Gasteiger charge is 2.28. The third-order valence-corrected chi connectivity index (χ3v) is 6.06. The van der Waals surface area contributed by atoms with E-state index < -0.39 is 5.97 Å². The van der Waals surface area contributed by atoms with E-state index in [9.17, 15) is 9.59 Å². The summed E-state index contributed by atoms with van der Waals surface area (Å²) >= 11 is 3.26. The Morgan fingerprint density at radius 2 is 1.69 bits per heavy atom. The van der Waals surface area contributed by atoms with E-state index in [-0.39, 0.29) is 5.91 Å². The third kappa shape index (κ3) is 5.87. The Kier molecular flexibility index (Phi) is 8.61. The van der Waals surface area contributed by atoms with Crippen LogP contribution in [0.4, 0.5) is 0 Å². The third-order valence-electron chi connectivity index (χ3n) is 5.46. The van der Waals surface area contributed by atoms with Crippen molar-refractivity contribution in [1.29, 1.82) is 10.5 Å². The number of hydrogen-bond acceptors (Lipinski definition) is 6. The topological polar surface area (TPSA) is 103 Å². The van der Waals surface area contributed by atoms with Crippen LogP contribution in [0.1, 0.15) is 48.5 Å². The first-order valence-corrected chi connectivity index (χ1v) is 11.7. The van der Waals surface area contributed by atoms with E-state index in [4.69, 9.17) is 15.3 Å². The first-order valence-electron chi connectivity index (χ1n) is 10.6. The number of carbonyl (C=O) groups excluding carboxylic acids is 2. The van der Waals surface area contributed by atoms with Gasteiger partial charge in [0.2, 0.25) is 0 Å². The van der Waals surface area contributed by atoms with E-state index in [1.807, 2.05) is 36.4 Å². The first kappa shape index (κ1) is 25.5. The van der Waals surface area contributed by atoms with Crippen LogP contribution in [0.5, 0.6) is 5.75 Å². The van der Waals surface area contributed by atoms with Crippen molar-refractivity contribution in [2.45, 2.75) is 18.4 Å². The molecule has 0 bridgehead atoms. The molecular weight excluding hydrogens is 510 g/mol. The van der Waals surface area contributed by atoms with Gasteiger partial charge >= 0.3 is 5.97 Å². The predicted octanol–water partition coefficient (Wildman–Crippen LogP) is 4.96. The van der Waals surface area contributed by atoms with Gasteiger partial charge in [-0.15, -0.1) is 0 Å². The summed E-state index contributed by atoms with van der Waals surface area (Å²) in [6.07, 6.45) is 0. The SMILES string of the molecule is COC(=O)c1cc(C#N)ccc1CBr.COc1ccccc1CN1Cc2ccc(C#N)cc2C1=O. The van der Waals surface area contributed by atoms with Gasteiger partial charge in [0.25, 0.3) is 5.91 Å². The van der Waals surface area contributed by atoms with Gasteiger partial charge < -0.3 is 14.4 Å². The molecule has 0 aliphatic carbocycles. The first-order chi connectivity index (χ1) is 16.9. The Bertz CT molecular complexity index is 1340. The smallest absolute Gasteiger partial charge is 0.338 e. The summed E-state index contributed by atoms with van der Waals surface area (Å²) in [5, 5.41) is 18.2. The van der Waals surface area contributed by atoms with Crippen LogP contribution >= 0.6 is 15.9 Å². The van der Waals surface area contributed by atoms with Crippen molar-refractivity contribution in [1.82, 2.24) is 4.90 Å². The lowest BCUT2D eigenvalue weighted by atomic mass is 10.1. The van der Waals surface area contributed by atoms with Crippen LogP contribution in [-0.2, 0) is 23.2 Å². The van der Waals surface area contributed by atoms with Crippen molar-refractivity contribution in [2.24, 2.45) is 0 Å². The van der Waals surface area contributed by atoms with Gasteiger partial charge in [-0.3, -0.25) is 4.79 Å². The van der Waals surface area contributed by atoms with Crippen LogP contribution in [0.25, 0.3) is 0 Å². The van der Waals surface area contributed by atoms with Crippen molar-refractivity contribution >= 4 is 27.8 Å². The molecule has 35 heavy (non-hydrogen) atoms. The van der Waals surface area contributed by atoms with E-state index in [2.05, 4.69) is 26.7 Å². The molecule has 0 N–H and O–H groups in total. The summed E-state index contributed by atoms with van der Waals surface area (Å²) in [6.45, 7) is 1.07. The Hall–Kier alpha value is -4.14. The van der Waals surface area contributed by atoms with E-state index in [0.29, 0.717) is 40.7 Å². The molecule has 176 valence electrons. The van der Waals surface area contributed by atoms with Gasteiger partial charge in [-0.2, -0.15) is 10.5 Å². The highest BCUT2D eigenvalue weighted by molar-refractivity contribution is 9.08. The number of amides is 1. The number of hydrogen-bond donors (Lipinski definition) is 0. The minimum absolute atomic E-state index is 0.0343. The van der Waals surface area contributed by atoms with Gasteiger partial charge in [0.1, 0.15) is 5.75 Å². The fraction of sp³-hybridized carbons (Fsp3) is 0.185. The van der Waals surface area contributed by atoms with Crippen molar-refractivity contribution in [2.75, 3.05) is 14.2 Å². The van der Waals surface area contributed by atoms with Crippen molar-refractivity contribution in [3.63, 3.8) is 0 Å². The van der Waals surface area contributed by atoms with E-state index in [0.717, 1.165) is 22.4 Å². The largest absolute Gasteiger partial charge is 0.496 e. The molecule has 0 aromatic heterocycles. The quantitative estimate of drug-likeness (QED) is 0.340. The molecule has 0 saturated carbocycles. The fourth-order valence-electron chi connectivity index (χ4n) is 3.66. The van der Waals surface area contributed by atoms with E-state index in [1.54, 1.807) is 36.3 Å². The molecule has 0 unspecified atom stereocenters. The number of nitriles is 2. The van der Waals surface area contributed by atoms with Crippen LogP contribution in [0.15, 0.2) is 60.7 Å². The molecule has 0 fully saturated rings. The van der Waals surface area contributed by atoms with Crippen LogP contribution in [0.3, 0.4) is 0 Å².